The zero-order chi connectivity index (χ0) is 19.6. The molecule has 0 aliphatic carbocycles. The van der Waals surface area contributed by atoms with Crippen molar-refractivity contribution in [1.82, 2.24) is 9.97 Å². The van der Waals surface area contributed by atoms with Crippen LogP contribution in [0, 0.1) is 5.82 Å². The van der Waals surface area contributed by atoms with Gasteiger partial charge in [-0.15, -0.1) is 0 Å². The minimum Gasteiger partial charge on any atom is -0.378 e. The first-order chi connectivity index (χ1) is 14.3. The van der Waals surface area contributed by atoms with E-state index in [0.29, 0.717) is 5.69 Å². The SMILES string of the molecule is Fc1ccccc1N1CCN(c2nc(N3CCOCC3)c3ccccc3n2)CC1. The Kier molecular flexibility index (Phi) is 4.89. The molecule has 6 nitrogen and oxygen atoms in total. The maximum Gasteiger partial charge on any atom is 0.228 e. The number of piperazine rings is 1. The molecule has 0 N–H and O–H groups in total. The summed E-state index contributed by atoms with van der Waals surface area (Å²) < 4.78 is 19.6. The molecular formula is C22H24FN5O. The van der Waals surface area contributed by atoms with Crippen molar-refractivity contribution in [2.45, 2.75) is 0 Å². The molecule has 0 amide bonds. The van der Waals surface area contributed by atoms with Gasteiger partial charge >= 0.3 is 0 Å². The number of fused-ring (bicyclic) bond motifs is 1. The van der Waals surface area contributed by atoms with Gasteiger partial charge < -0.3 is 19.4 Å². The monoisotopic (exact) mass is 393 g/mol. The predicted molar refractivity (Wildman–Crippen MR) is 113 cm³/mol. The number of rotatable bonds is 3. The number of ether oxygens (including phenoxy) is 1. The summed E-state index contributed by atoms with van der Waals surface area (Å²) in [5, 5.41) is 1.07. The lowest BCUT2D eigenvalue weighted by molar-refractivity contribution is 0.122. The minimum absolute atomic E-state index is 0.169. The largest absolute Gasteiger partial charge is 0.378 e. The first-order valence-corrected chi connectivity index (χ1v) is 10.1. The van der Waals surface area contributed by atoms with Crippen LogP contribution in [0.4, 0.5) is 21.8 Å². The van der Waals surface area contributed by atoms with E-state index in [1.54, 1.807) is 6.07 Å². The van der Waals surface area contributed by atoms with Crippen LogP contribution in [0.25, 0.3) is 10.9 Å². The van der Waals surface area contributed by atoms with Crippen LogP contribution in [0.2, 0.25) is 0 Å². The molecular weight excluding hydrogens is 369 g/mol. The van der Waals surface area contributed by atoms with Crippen molar-refractivity contribution in [2.24, 2.45) is 0 Å². The quantitative estimate of drug-likeness (QED) is 0.682. The topological polar surface area (TPSA) is 44.7 Å². The third-order valence-electron chi connectivity index (χ3n) is 5.64. The van der Waals surface area contributed by atoms with Crippen molar-refractivity contribution in [3.05, 3.63) is 54.3 Å². The summed E-state index contributed by atoms with van der Waals surface area (Å²) in [6.45, 7) is 6.10. The van der Waals surface area contributed by atoms with Crippen LogP contribution in [0.15, 0.2) is 48.5 Å². The Morgan fingerprint density at radius 1 is 0.724 bits per heavy atom. The van der Waals surface area contributed by atoms with Crippen LogP contribution in [0.1, 0.15) is 0 Å². The molecule has 2 saturated heterocycles. The van der Waals surface area contributed by atoms with Gasteiger partial charge in [0.2, 0.25) is 5.95 Å². The summed E-state index contributed by atoms with van der Waals surface area (Å²) in [6, 6.07) is 15.1. The van der Waals surface area contributed by atoms with Crippen LogP contribution in [-0.2, 0) is 4.74 Å². The zero-order valence-electron chi connectivity index (χ0n) is 16.3. The van der Waals surface area contributed by atoms with Crippen LogP contribution < -0.4 is 14.7 Å². The van der Waals surface area contributed by atoms with Gasteiger partial charge in [-0.1, -0.05) is 24.3 Å². The van der Waals surface area contributed by atoms with Crippen LogP contribution in [0.5, 0.6) is 0 Å². The minimum atomic E-state index is -0.169. The molecule has 0 unspecified atom stereocenters. The number of hydrogen-bond donors (Lipinski definition) is 0. The molecule has 0 atom stereocenters. The molecule has 0 spiro atoms. The highest BCUT2D eigenvalue weighted by atomic mass is 19.1. The lowest BCUT2D eigenvalue weighted by Gasteiger charge is -2.37. The number of para-hydroxylation sites is 2. The fourth-order valence-electron chi connectivity index (χ4n) is 4.06. The standard InChI is InChI=1S/C22H24FN5O/c23-18-6-2-4-8-20(18)26-9-11-28(12-10-26)22-24-19-7-3-1-5-17(19)21(25-22)27-13-15-29-16-14-27/h1-8H,9-16H2. The van der Waals surface area contributed by atoms with E-state index >= 15 is 0 Å². The second kappa shape index (κ2) is 7.83. The summed E-state index contributed by atoms with van der Waals surface area (Å²) in [7, 11) is 0. The fourth-order valence-corrected chi connectivity index (χ4v) is 4.06. The molecule has 1 aromatic heterocycles. The molecule has 3 heterocycles. The lowest BCUT2D eigenvalue weighted by atomic mass is 10.2. The van der Waals surface area contributed by atoms with Gasteiger partial charge in [0, 0.05) is 44.7 Å². The highest BCUT2D eigenvalue weighted by Gasteiger charge is 2.23. The maximum absolute atomic E-state index is 14.1. The van der Waals surface area contributed by atoms with Crippen LogP contribution >= 0.6 is 0 Å². The first kappa shape index (κ1) is 18.1. The summed E-state index contributed by atoms with van der Waals surface area (Å²) in [5.74, 6) is 1.56. The van der Waals surface area contributed by atoms with Gasteiger partial charge in [-0.05, 0) is 24.3 Å². The summed E-state index contributed by atoms with van der Waals surface area (Å²) in [5.41, 5.74) is 1.62. The van der Waals surface area contributed by atoms with E-state index in [1.807, 2.05) is 30.3 Å². The van der Waals surface area contributed by atoms with E-state index in [1.165, 1.54) is 6.07 Å². The molecule has 150 valence electrons. The maximum atomic E-state index is 14.1. The Balaban J connectivity index is 1.41. The summed E-state index contributed by atoms with van der Waals surface area (Å²) in [6.07, 6.45) is 0. The Morgan fingerprint density at radius 2 is 1.41 bits per heavy atom. The first-order valence-electron chi connectivity index (χ1n) is 10.1. The third kappa shape index (κ3) is 3.58. The van der Waals surface area contributed by atoms with Gasteiger partial charge in [-0.2, -0.15) is 4.98 Å². The Hall–Kier alpha value is -2.93. The predicted octanol–water partition coefficient (Wildman–Crippen LogP) is 2.93. The molecule has 0 saturated carbocycles. The van der Waals surface area contributed by atoms with Gasteiger partial charge in [0.15, 0.2) is 0 Å². The van der Waals surface area contributed by atoms with Crippen molar-refractivity contribution in [3.8, 4) is 0 Å². The molecule has 0 bridgehead atoms. The number of halogens is 1. The third-order valence-corrected chi connectivity index (χ3v) is 5.64. The van der Waals surface area contributed by atoms with Crippen LogP contribution in [-0.4, -0.2) is 62.5 Å². The highest BCUT2D eigenvalue weighted by molar-refractivity contribution is 5.90. The number of hydrogen-bond acceptors (Lipinski definition) is 6. The Bertz CT molecular complexity index is 999. The smallest absolute Gasteiger partial charge is 0.228 e. The molecule has 2 aromatic carbocycles. The van der Waals surface area contributed by atoms with E-state index in [0.717, 1.165) is 75.2 Å². The van der Waals surface area contributed by atoms with Gasteiger partial charge in [-0.25, -0.2) is 9.37 Å². The van der Waals surface area contributed by atoms with Crippen molar-refractivity contribution in [2.75, 3.05) is 67.2 Å². The number of morpholine rings is 1. The van der Waals surface area contributed by atoms with E-state index < -0.39 is 0 Å². The van der Waals surface area contributed by atoms with Crippen molar-refractivity contribution < 1.29 is 9.13 Å². The summed E-state index contributed by atoms with van der Waals surface area (Å²) >= 11 is 0. The van der Waals surface area contributed by atoms with Gasteiger partial charge in [-0.3, -0.25) is 0 Å². The average Bonchev–Trinajstić information content (AvgIpc) is 2.79. The molecule has 5 rings (SSSR count). The average molecular weight is 393 g/mol. The highest BCUT2D eigenvalue weighted by Crippen LogP contribution is 2.28. The van der Waals surface area contributed by atoms with Gasteiger partial charge in [0.1, 0.15) is 11.6 Å². The summed E-state index contributed by atoms with van der Waals surface area (Å²) in [4.78, 5) is 16.4. The van der Waals surface area contributed by atoms with E-state index in [-0.39, 0.29) is 5.82 Å². The van der Waals surface area contributed by atoms with E-state index in [2.05, 4.69) is 20.8 Å². The number of benzene rings is 2. The second-order valence-corrected chi connectivity index (χ2v) is 7.39. The van der Waals surface area contributed by atoms with E-state index in [4.69, 9.17) is 14.7 Å². The zero-order valence-corrected chi connectivity index (χ0v) is 16.3. The molecule has 3 aromatic rings. The molecule has 7 heteroatoms. The molecule has 2 aliphatic rings. The lowest BCUT2D eigenvalue weighted by Crippen LogP contribution is -2.47. The van der Waals surface area contributed by atoms with Crippen molar-refractivity contribution in [3.63, 3.8) is 0 Å². The normalized spacial score (nSPS) is 17.8. The number of aromatic nitrogens is 2. The molecule has 2 aliphatic heterocycles. The molecule has 2 fully saturated rings. The van der Waals surface area contributed by atoms with Gasteiger partial charge in [0.05, 0.1) is 24.4 Å². The van der Waals surface area contributed by atoms with Crippen molar-refractivity contribution >= 4 is 28.4 Å². The Labute approximate surface area is 169 Å². The van der Waals surface area contributed by atoms with E-state index in [9.17, 15) is 4.39 Å². The fraction of sp³-hybridized carbons (Fsp3) is 0.364. The Morgan fingerprint density at radius 3 is 2.21 bits per heavy atom. The molecule has 29 heavy (non-hydrogen) atoms. The second-order valence-electron chi connectivity index (χ2n) is 7.39. The van der Waals surface area contributed by atoms with Crippen molar-refractivity contribution in [1.29, 1.82) is 0 Å². The molecule has 0 radical (unpaired) electrons. The van der Waals surface area contributed by atoms with Crippen LogP contribution in [0.3, 0.4) is 0 Å². The number of anilines is 3. The number of nitrogens with zero attached hydrogens (tertiary/aromatic N) is 5. The van der Waals surface area contributed by atoms with Gasteiger partial charge in [0.25, 0.3) is 0 Å².